The van der Waals surface area contributed by atoms with Crippen LogP contribution in [-0.2, 0) is 7.05 Å². The SMILES string of the molecule is Cn1c(-c2ccc(Cl)cc2Br)ccc(I)c1=O. The molecule has 2 aromatic rings. The van der Waals surface area contributed by atoms with Crippen molar-refractivity contribution in [3.05, 3.63) is 53.8 Å². The predicted molar refractivity (Wildman–Crippen MR) is 82.5 cm³/mol. The second-order valence-electron chi connectivity index (χ2n) is 3.55. The van der Waals surface area contributed by atoms with E-state index in [1.807, 2.05) is 52.9 Å². The maximum absolute atomic E-state index is 11.9. The largest absolute Gasteiger partial charge is 0.310 e. The van der Waals surface area contributed by atoms with Crippen molar-refractivity contribution in [1.29, 1.82) is 0 Å². The summed E-state index contributed by atoms with van der Waals surface area (Å²) in [4.78, 5) is 11.9. The van der Waals surface area contributed by atoms with Crippen molar-refractivity contribution in [2.75, 3.05) is 0 Å². The van der Waals surface area contributed by atoms with E-state index < -0.39 is 0 Å². The minimum Gasteiger partial charge on any atom is -0.310 e. The fourth-order valence-electron chi connectivity index (χ4n) is 1.57. The Kier molecular flexibility index (Phi) is 3.95. The van der Waals surface area contributed by atoms with E-state index in [9.17, 15) is 4.79 Å². The Labute approximate surface area is 126 Å². The zero-order valence-electron chi connectivity index (χ0n) is 8.88. The molecule has 2 rings (SSSR count). The Morgan fingerprint density at radius 1 is 1.29 bits per heavy atom. The molecule has 0 aliphatic carbocycles. The van der Waals surface area contributed by atoms with Crippen LogP contribution >= 0.6 is 50.1 Å². The Balaban J connectivity index is 2.69. The number of aromatic nitrogens is 1. The Morgan fingerprint density at radius 2 is 2.00 bits per heavy atom. The lowest BCUT2D eigenvalue weighted by atomic mass is 10.1. The first-order valence-corrected chi connectivity index (χ1v) is 7.06. The second-order valence-corrected chi connectivity index (χ2v) is 6.01. The van der Waals surface area contributed by atoms with E-state index in [1.165, 1.54) is 0 Å². The molecule has 2 nitrogen and oxygen atoms in total. The highest BCUT2D eigenvalue weighted by Gasteiger charge is 2.09. The normalized spacial score (nSPS) is 10.6. The zero-order valence-corrected chi connectivity index (χ0v) is 13.4. The number of rotatable bonds is 1. The van der Waals surface area contributed by atoms with E-state index in [1.54, 1.807) is 11.6 Å². The third-order valence-electron chi connectivity index (χ3n) is 2.46. The van der Waals surface area contributed by atoms with Gasteiger partial charge in [0.1, 0.15) is 0 Å². The second kappa shape index (κ2) is 5.12. The summed E-state index contributed by atoms with van der Waals surface area (Å²) >= 11 is 11.4. The molecular weight excluding hydrogens is 416 g/mol. The summed E-state index contributed by atoms with van der Waals surface area (Å²) in [6.07, 6.45) is 0. The van der Waals surface area contributed by atoms with Crippen LogP contribution in [0.4, 0.5) is 0 Å². The maximum Gasteiger partial charge on any atom is 0.264 e. The quantitative estimate of drug-likeness (QED) is 0.633. The van der Waals surface area contributed by atoms with Crippen LogP contribution in [0.15, 0.2) is 39.6 Å². The number of halogens is 3. The highest BCUT2D eigenvalue weighted by Crippen LogP contribution is 2.29. The minimum absolute atomic E-state index is 0.00458. The maximum atomic E-state index is 11.9. The van der Waals surface area contributed by atoms with Gasteiger partial charge in [0.05, 0.1) is 9.26 Å². The molecule has 5 heteroatoms. The van der Waals surface area contributed by atoms with Gasteiger partial charge in [-0.05, 0) is 46.9 Å². The number of hydrogen-bond donors (Lipinski definition) is 0. The molecule has 0 aliphatic rings. The molecule has 0 N–H and O–H groups in total. The first kappa shape index (κ1) is 13.1. The van der Waals surface area contributed by atoms with Crippen molar-refractivity contribution in [2.24, 2.45) is 7.05 Å². The van der Waals surface area contributed by atoms with E-state index >= 15 is 0 Å². The molecule has 0 spiro atoms. The van der Waals surface area contributed by atoms with Gasteiger partial charge in [-0.3, -0.25) is 4.79 Å². The van der Waals surface area contributed by atoms with Gasteiger partial charge in [0.25, 0.3) is 5.56 Å². The molecule has 0 atom stereocenters. The van der Waals surface area contributed by atoms with Crippen LogP contribution < -0.4 is 5.56 Å². The van der Waals surface area contributed by atoms with Gasteiger partial charge < -0.3 is 4.57 Å². The van der Waals surface area contributed by atoms with E-state index in [0.717, 1.165) is 15.7 Å². The number of benzene rings is 1. The van der Waals surface area contributed by atoms with Gasteiger partial charge in [0.2, 0.25) is 0 Å². The Hall–Kier alpha value is -0.330. The van der Waals surface area contributed by atoms with Gasteiger partial charge in [-0.15, -0.1) is 0 Å². The van der Waals surface area contributed by atoms with Gasteiger partial charge >= 0.3 is 0 Å². The van der Waals surface area contributed by atoms with Crippen LogP contribution in [0.3, 0.4) is 0 Å². The van der Waals surface area contributed by atoms with Crippen LogP contribution in [0.5, 0.6) is 0 Å². The molecule has 0 bridgehead atoms. The topological polar surface area (TPSA) is 22.0 Å². The lowest BCUT2D eigenvalue weighted by molar-refractivity contribution is 0.862. The zero-order chi connectivity index (χ0) is 12.6. The molecule has 1 heterocycles. The summed E-state index contributed by atoms with van der Waals surface area (Å²) in [5, 5.41) is 0.663. The summed E-state index contributed by atoms with van der Waals surface area (Å²) in [6.45, 7) is 0. The monoisotopic (exact) mass is 423 g/mol. The van der Waals surface area contributed by atoms with Gasteiger partial charge in [-0.1, -0.05) is 33.6 Å². The highest BCUT2D eigenvalue weighted by molar-refractivity contribution is 14.1. The van der Waals surface area contributed by atoms with Crippen molar-refractivity contribution < 1.29 is 0 Å². The molecular formula is C12H8BrClINO. The standard InChI is InChI=1S/C12H8BrClINO/c1-16-11(5-4-10(15)12(16)17)8-3-2-7(14)6-9(8)13/h2-6H,1H3. The average Bonchev–Trinajstić information content (AvgIpc) is 2.28. The average molecular weight is 424 g/mol. The molecule has 0 unspecified atom stereocenters. The third-order valence-corrected chi connectivity index (χ3v) is 4.18. The molecule has 1 aromatic heterocycles. The van der Waals surface area contributed by atoms with Gasteiger partial charge in [-0.25, -0.2) is 0 Å². The van der Waals surface area contributed by atoms with Crippen molar-refractivity contribution in [3.63, 3.8) is 0 Å². The van der Waals surface area contributed by atoms with Crippen LogP contribution in [0.25, 0.3) is 11.3 Å². The van der Waals surface area contributed by atoms with Crippen LogP contribution in [0.2, 0.25) is 5.02 Å². The molecule has 0 saturated heterocycles. The molecule has 0 aliphatic heterocycles. The molecule has 0 fully saturated rings. The molecule has 0 radical (unpaired) electrons. The summed E-state index contributed by atoms with van der Waals surface area (Å²) in [5.41, 5.74) is 1.81. The number of nitrogens with zero attached hydrogens (tertiary/aromatic N) is 1. The summed E-state index contributed by atoms with van der Waals surface area (Å²) in [6, 6.07) is 9.27. The summed E-state index contributed by atoms with van der Waals surface area (Å²) < 4.78 is 3.22. The van der Waals surface area contributed by atoms with Crippen molar-refractivity contribution in [2.45, 2.75) is 0 Å². The van der Waals surface area contributed by atoms with E-state index in [0.29, 0.717) is 8.59 Å². The summed E-state index contributed by atoms with van der Waals surface area (Å²) in [7, 11) is 1.76. The van der Waals surface area contributed by atoms with Gasteiger partial charge in [-0.2, -0.15) is 0 Å². The molecule has 0 saturated carbocycles. The first-order chi connectivity index (χ1) is 8.00. The van der Waals surface area contributed by atoms with Crippen molar-refractivity contribution in [3.8, 4) is 11.3 Å². The van der Waals surface area contributed by atoms with Crippen LogP contribution in [0.1, 0.15) is 0 Å². The lowest BCUT2D eigenvalue weighted by Crippen LogP contribution is -2.20. The van der Waals surface area contributed by atoms with E-state index in [2.05, 4.69) is 15.9 Å². The smallest absolute Gasteiger partial charge is 0.264 e. The highest BCUT2D eigenvalue weighted by atomic mass is 127. The summed E-state index contributed by atoms with van der Waals surface area (Å²) in [5.74, 6) is 0. The third kappa shape index (κ3) is 2.58. The van der Waals surface area contributed by atoms with E-state index in [4.69, 9.17) is 11.6 Å². The number of pyridine rings is 1. The molecule has 17 heavy (non-hydrogen) atoms. The lowest BCUT2D eigenvalue weighted by Gasteiger charge is -2.10. The number of hydrogen-bond acceptors (Lipinski definition) is 1. The van der Waals surface area contributed by atoms with Gasteiger partial charge in [0.15, 0.2) is 0 Å². The fraction of sp³-hybridized carbons (Fsp3) is 0.0833. The van der Waals surface area contributed by atoms with Crippen molar-refractivity contribution >= 4 is 50.1 Å². The van der Waals surface area contributed by atoms with E-state index in [-0.39, 0.29) is 5.56 Å². The minimum atomic E-state index is 0.00458. The Bertz CT molecular complexity index is 639. The molecule has 0 amide bonds. The first-order valence-electron chi connectivity index (χ1n) is 4.81. The van der Waals surface area contributed by atoms with Crippen LogP contribution in [0, 0.1) is 3.57 Å². The fourth-order valence-corrected chi connectivity index (χ4v) is 3.00. The Morgan fingerprint density at radius 3 is 2.65 bits per heavy atom. The molecule has 88 valence electrons. The van der Waals surface area contributed by atoms with Crippen LogP contribution in [-0.4, -0.2) is 4.57 Å². The predicted octanol–water partition coefficient (Wildman–Crippen LogP) is 4.07. The van der Waals surface area contributed by atoms with Crippen molar-refractivity contribution in [1.82, 2.24) is 4.57 Å². The van der Waals surface area contributed by atoms with Gasteiger partial charge in [0, 0.05) is 22.1 Å². The molecule has 1 aromatic carbocycles.